The Morgan fingerprint density at radius 3 is 2.91 bits per heavy atom. The van der Waals surface area contributed by atoms with Crippen molar-refractivity contribution in [1.82, 2.24) is 20.0 Å². The quantitative estimate of drug-likeness (QED) is 0.818. The summed E-state index contributed by atoms with van der Waals surface area (Å²) in [5, 5.41) is 8.45. The van der Waals surface area contributed by atoms with Crippen LogP contribution in [0.4, 0.5) is 0 Å². The summed E-state index contributed by atoms with van der Waals surface area (Å²) in [6, 6.07) is 3.96. The molecule has 3 heterocycles. The van der Waals surface area contributed by atoms with E-state index < -0.39 is 0 Å². The van der Waals surface area contributed by atoms with Crippen molar-refractivity contribution >= 4 is 0 Å². The van der Waals surface area contributed by atoms with Crippen molar-refractivity contribution < 1.29 is 4.74 Å². The zero-order valence-electron chi connectivity index (χ0n) is 13.1. The topological polar surface area (TPSA) is 52.8 Å². The highest BCUT2D eigenvalue weighted by molar-refractivity contribution is 5.56. The Bertz CT molecular complexity index is 715. The van der Waals surface area contributed by atoms with E-state index in [0.29, 0.717) is 5.92 Å². The van der Waals surface area contributed by atoms with Crippen LogP contribution in [0.15, 0.2) is 24.5 Å². The van der Waals surface area contributed by atoms with E-state index in [-0.39, 0.29) is 6.10 Å². The first kappa shape index (κ1) is 14.4. The fraction of sp³-hybridized carbons (Fsp3) is 0.500. The summed E-state index contributed by atoms with van der Waals surface area (Å²) in [5.74, 6) is 6.94. The number of pyridine rings is 1. The molecule has 5 nitrogen and oxygen atoms in total. The molecule has 0 spiro atoms. The lowest BCUT2D eigenvalue weighted by Crippen LogP contribution is -2.24. The molecule has 0 unspecified atom stereocenters. The van der Waals surface area contributed by atoms with Crippen LogP contribution in [0.2, 0.25) is 0 Å². The lowest BCUT2D eigenvalue weighted by molar-refractivity contribution is 0.00370. The smallest absolute Gasteiger partial charge is 0.114 e. The summed E-state index contributed by atoms with van der Waals surface area (Å²) in [5.41, 5.74) is 2.64. The van der Waals surface area contributed by atoms with Gasteiger partial charge in [0, 0.05) is 24.3 Å². The predicted molar refractivity (Wildman–Crippen MR) is 86.4 cm³/mol. The van der Waals surface area contributed by atoms with Crippen molar-refractivity contribution in [2.24, 2.45) is 5.92 Å². The van der Waals surface area contributed by atoms with Gasteiger partial charge in [-0.2, -0.15) is 0 Å². The average Bonchev–Trinajstić information content (AvgIpc) is 3.32. The zero-order chi connectivity index (χ0) is 15.5. The normalized spacial score (nSPS) is 20.8. The molecule has 5 heteroatoms. The second kappa shape index (κ2) is 6.51. The number of ether oxygens (including phenoxy) is 1. The molecule has 1 aliphatic heterocycles. The first-order valence-corrected chi connectivity index (χ1v) is 8.36. The van der Waals surface area contributed by atoms with Crippen LogP contribution in [-0.2, 0) is 11.3 Å². The third kappa shape index (κ3) is 3.77. The molecule has 2 aromatic heterocycles. The van der Waals surface area contributed by atoms with Gasteiger partial charge in [0.1, 0.15) is 11.4 Å². The third-order valence-corrected chi connectivity index (χ3v) is 4.24. The first-order valence-electron chi connectivity index (χ1n) is 8.36. The van der Waals surface area contributed by atoms with Crippen molar-refractivity contribution in [2.45, 2.75) is 44.8 Å². The van der Waals surface area contributed by atoms with Crippen LogP contribution in [0.25, 0.3) is 11.3 Å². The summed E-state index contributed by atoms with van der Waals surface area (Å²) in [6.07, 6.45) is 10.0. The molecular formula is C18H20N4O. The number of aromatic nitrogens is 4. The molecule has 2 aromatic rings. The van der Waals surface area contributed by atoms with Crippen molar-refractivity contribution in [3.05, 3.63) is 30.2 Å². The molecule has 2 fully saturated rings. The van der Waals surface area contributed by atoms with Gasteiger partial charge in [-0.05, 0) is 50.2 Å². The Hall–Kier alpha value is -2.19. The molecule has 23 heavy (non-hydrogen) atoms. The van der Waals surface area contributed by atoms with Crippen LogP contribution < -0.4 is 0 Å². The lowest BCUT2D eigenvalue weighted by Gasteiger charge is -2.21. The van der Waals surface area contributed by atoms with E-state index in [2.05, 4.69) is 27.1 Å². The van der Waals surface area contributed by atoms with E-state index in [9.17, 15) is 0 Å². The molecule has 0 amide bonds. The van der Waals surface area contributed by atoms with E-state index in [1.54, 1.807) is 0 Å². The second-order valence-corrected chi connectivity index (χ2v) is 6.29. The fourth-order valence-electron chi connectivity index (χ4n) is 2.70. The van der Waals surface area contributed by atoms with Crippen LogP contribution in [-0.4, -0.2) is 32.7 Å². The van der Waals surface area contributed by atoms with E-state index in [1.807, 2.05) is 29.2 Å². The minimum Gasteiger partial charge on any atom is -0.376 e. The highest BCUT2D eigenvalue weighted by atomic mass is 16.5. The van der Waals surface area contributed by atoms with Crippen LogP contribution in [0.3, 0.4) is 0 Å². The molecule has 1 saturated heterocycles. The molecule has 0 radical (unpaired) electrons. The molecule has 1 atom stereocenters. The van der Waals surface area contributed by atoms with Gasteiger partial charge in [0.05, 0.1) is 18.8 Å². The standard InChI is InChI=1S/C18H20N4O/c1-2-10-23-17(3-1)12-22-13-18(20-21-22)15-7-9-16(19-11-15)8-6-14-4-5-14/h7,9,11,13-14,17H,1-5,10,12H2/t17-/m1/s1. The maximum absolute atomic E-state index is 5.75. The Labute approximate surface area is 136 Å². The lowest BCUT2D eigenvalue weighted by atomic mass is 10.1. The highest BCUT2D eigenvalue weighted by Gasteiger charge is 2.18. The number of rotatable bonds is 3. The molecule has 4 rings (SSSR count). The Morgan fingerprint density at radius 1 is 1.22 bits per heavy atom. The van der Waals surface area contributed by atoms with Gasteiger partial charge in [-0.3, -0.25) is 0 Å². The molecule has 118 valence electrons. The maximum atomic E-state index is 5.75. The van der Waals surface area contributed by atoms with Gasteiger partial charge in [-0.1, -0.05) is 11.1 Å². The monoisotopic (exact) mass is 308 g/mol. The van der Waals surface area contributed by atoms with Crippen molar-refractivity contribution in [3.8, 4) is 23.1 Å². The van der Waals surface area contributed by atoms with E-state index in [1.165, 1.54) is 25.7 Å². The third-order valence-electron chi connectivity index (χ3n) is 4.24. The zero-order valence-corrected chi connectivity index (χ0v) is 13.1. The minimum atomic E-state index is 0.261. The van der Waals surface area contributed by atoms with Crippen molar-refractivity contribution in [2.75, 3.05) is 6.61 Å². The number of hydrogen-bond donors (Lipinski definition) is 0. The average molecular weight is 308 g/mol. The van der Waals surface area contributed by atoms with Gasteiger partial charge in [0.15, 0.2) is 0 Å². The summed E-state index contributed by atoms with van der Waals surface area (Å²) >= 11 is 0. The van der Waals surface area contributed by atoms with Crippen LogP contribution in [0.5, 0.6) is 0 Å². The van der Waals surface area contributed by atoms with Gasteiger partial charge >= 0.3 is 0 Å². The molecular weight excluding hydrogens is 288 g/mol. The molecule has 1 aliphatic carbocycles. The minimum absolute atomic E-state index is 0.261. The summed E-state index contributed by atoms with van der Waals surface area (Å²) < 4.78 is 7.61. The van der Waals surface area contributed by atoms with E-state index in [0.717, 1.165) is 36.5 Å². The first-order chi connectivity index (χ1) is 11.4. The fourth-order valence-corrected chi connectivity index (χ4v) is 2.70. The molecule has 0 N–H and O–H groups in total. The molecule has 2 aliphatic rings. The Balaban J connectivity index is 1.42. The van der Waals surface area contributed by atoms with Gasteiger partial charge in [0.25, 0.3) is 0 Å². The van der Waals surface area contributed by atoms with E-state index >= 15 is 0 Å². The Kier molecular flexibility index (Phi) is 4.08. The predicted octanol–water partition coefficient (Wildman–Crippen LogP) is 2.67. The Morgan fingerprint density at radius 2 is 2.17 bits per heavy atom. The summed E-state index contributed by atoms with van der Waals surface area (Å²) in [6.45, 7) is 1.63. The van der Waals surface area contributed by atoms with E-state index in [4.69, 9.17) is 4.74 Å². The molecule has 1 saturated carbocycles. The summed E-state index contributed by atoms with van der Waals surface area (Å²) in [7, 11) is 0. The van der Waals surface area contributed by atoms with Gasteiger partial charge < -0.3 is 4.74 Å². The second-order valence-electron chi connectivity index (χ2n) is 6.29. The summed E-state index contributed by atoms with van der Waals surface area (Å²) in [4.78, 5) is 4.40. The van der Waals surface area contributed by atoms with Crippen molar-refractivity contribution in [3.63, 3.8) is 0 Å². The molecule has 0 bridgehead atoms. The number of hydrogen-bond acceptors (Lipinski definition) is 4. The number of nitrogens with zero attached hydrogens (tertiary/aromatic N) is 4. The van der Waals surface area contributed by atoms with Crippen LogP contribution >= 0.6 is 0 Å². The van der Waals surface area contributed by atoms with Crippen LogP contribution in [0, 0.1) is 17.8 Å². The van der Waals surface area contributed by atoms with Gasteiger partial charge in [-0.15, -0.1) is 5.10 Å². The largest absolute Gasteiger partial charge is 0.376 e. The van der Waals surface area contributed by atoms with Crippen molar-refractivity contribution in [1.29, 1.82) is 0 Å². The van der Waals surface area contributed by atoms with Gasteiger partial charge in [0.2, 0.25) is 0 Å². The SMILES string of the molecule is C(#CC1CC1)c1ccc(-c2cn(C[C@H]3CCCCO3)nn2)cn1. The van der Waals surface area contributed by atoms with Crippen LogP contribution in [0.1, 0.15) is 37.8 Å². The highest BCUT2D eigenvalue weighted by Crippen LogP contribution is 2.27. The molecule has 0 aromatic carbocycles. The van der Waals surface area contributed by atoms with Gasteiger partial charge in [-0.25, -0.2) is 9.67 Å². The maximum Gasteiger partial charge on any atom is 0.114 e.